The first-order valence-electron chi connectivity index (χ1n) is 8.36. The zero-order valence-electron chi connectivity index (χ0n) is 15.5. The van der Waals surface area contributed by atoms with Crippen LogP contribution in [0.25, 0.3) is 0 Å². The van der Waals surface area contributed by atoms with Crippen LogP contribution in [0.2, 0.25) is 0 Å². The molecule has 0 bridgehead atoms. The smallest absolute Gasteiger partial charge is 0.444 e. The third kappa shape index (κ3) is 4.74. The molecular formula is C17H30BNO4. The molecule has 2 aliphatic rings. The quantitative estimate of drug-likeness (QED) is 0.805. The van der Waals surface area contributed by atoms with Crippen molar-refractivity contribution in [2.45, 2.75) is 78.1 Å². The Morgan fingerprint density at radius 1 is 1.17 bits per heavy atom. The van der Waals surface area contributed by atoms with Crippen molar-refractivity contribution in [2.75, 3.05) is 6.54 Å². The number of ether oxygens (including phenoxy) is 1. The van der Waals surface area contributed by atoms with Gasteiger partial charge in [-0.15, -0.1) is 0 Å². The van der Waals surface area contributed by atoms with Gasteiger partial charge < -0.3 is 19.4 Å². The predicted molar refractivity (Wildman–Crippen MR) is 91.1 cm³/mol. The lowest BCUT2D eigenvalue weighted by Crippen LogP contribution is -2.41. The van der Waals surface area contributed by atoms with E-state index in [0.29, 0.717) is 6.54 Å². The molecule has 0 aromatic heterocycles. The molecule has 2 rings (SSSR count). The number of alkyl carbamates (subject to hydrolysis) is 1. The standard InChI is InChI=1S/C17H30BNO4/c1-14(2,3)21-13(20)19-12-17(8-9-17)10-11-18-22-15(4,5)16(6,7)23-18/h10-11H,8-9,12H2,1-7H3,(H,19,20)/b11-10+. The fourth-order valence-corrected chi connectivity index (χ4v) is 2.38. The minimum atomic E-state index is -0.473. The minimum absolute atomic E-state index is 0.0144. The Bertz CT molecular complexity index is 473. The molecule has 2 fully saturated rings. The molecule has 6 heteroatoms. The first-order valence-corrected chi connectivity index (χ1v) is 8.36. The number of carbonyl (C=O) groups excluding carboxylic acids is 1. The average molecular weight is 323 g/mol. The second-order valence-electron chi connectivity index (χ2n) is 8.70. The molecular weight excluding hydrogens is 293 g/mol. The van der Waals surface area contributed by atoms with E-state index in [9.17, 15) is 4.79 Å². The van der Waals surface area contributed by atoms with E-state index in [1.807, 2.05) is 54.4 Å². The van der Waals surface area contributed by atoms with Crippen molar-refractivity contribution in [1.82, 2.24) is 5.32 Å². The van der Waals surface area contributed by atoms with Crippen LogP contribution in [0.5, 0.6) is 0 Å². The maximum absolute atomic E-state index is 11.8. The summed E-state index contributed by atoms with van der Waals surface area (Å²) < 4.78 is 17.2. The summed E-state index contributed by atoms with van der Waals surface area (Å²) in [6.07, 6.45) is 3.86. The number of hydrogen-bond acceptors (Lipinski definition) is 4. The van der Waals surface area contributed by atoms with Crippen molar-refractivity contribution < 1.29 is 18.8 Å². The van der Waals surface area contributed by atoms with Crippen molar-refractivity contribution in [3.8, 4) is 0 Å². The SMILES string of the molecule is CC(C)(C)OC(=O)NCC1(/C=C/B2OC(C)(C)C(C)(C)O2)CC1. The summed E-state index contributed by atoms with van der Waals surface area (Å²) in [7, 11) is -0.334. The largest absolute Gasteiger partial charge is 0.486 e. The summed E-state index contributed by atoms with van der Waals surface area (Å²) in [5.74, 6) is 1.97. The molecule has 1 heterocycles. The van der Waals surface area contributed by atoms with Gasteiger partial charge in [-0.25, -0.2) is 4.79 Å². The monoisotopic (exact) mass is 323 g/mol. The van der Waals surface area contributed by atoms with Gasteiger partial charge in [0.2, 0.25) is 0 Å². The Morgan fingerprint density at radius 3 is 2.13 bits per heavy atom. The van der Waals surface area contributed by atoms with Crippen LogP contribution in [0.1, 0.15) is 61.3 Å². The molecule has 23 heavy (non-hydrogen) atoms. The molecule has 1 amide bonds. The molecule has 0 radical (unpaired) electrons. The van der Waals surface area contributed by atoms with Gasteiger partial charge in [-0.3, -0.25) is 0 Å². The van der Waals surface area contributed by atoms with Crippen LogP contribution >= 0.6 is 0 Å². The van der Waals surface area contributed by atoms with E-state index in [0.717, 1.165) is 12.8 Å². The highest BCUT2D eigenvalue weighted by Gasteiger charge is 2.50. The molecule has 0 unspecified atom stereocenters. The fourth-order valence-electron chi connectivity index (χ4n) is 2.38. The van der Waals surface area contributed by atoms with Crippen LogP contribution in [-0.2, 0) is 14.0 Å². The summed E-state index contributed by atoms with van der Waals surface area (Å²) in [5.41, 5.74) is -1.11. The highest BCUT2D eigenvalue weighted by Crippen LogP contribution is 2.47. The Labute approximate surface area is 140 Å². The lowest BCUT2D eigenvalue weighted by molar-refractivity contribution is 0.00578. The minimum Gasteiger partial charge on any atom is -0.444 e. The number of amides is 1. The van der Waals surface area contributed by atoms with Crippen molar-refractivity contribution in [1.29, 1.82) is 0 Å². The lowest BCUT2D eigenvalue weighted by atomic mass is 9.87. The third-order valence-electron chi connectivity index (χ3n) is 4.75. The van der Waals surface area contributed by atoms with Crippen LogP contribution in [0.4, 0.5) is 4.79 Å². The number of nitrogens with one attached hydrogen (secondary N) is 1. The van der Waals surface area contributed by atoms with Crippen molar-refractivity contribution in [2.24, 2.45) is 5.41 Å². The average Bonchev–Trinajstić information content (AvgIpc) is 3.07. The molecule has 0 atom stereocenters. The predicted octanol–water partition coefficient (Wildman–Crippen LogP) is 3.48. The molecule has 0 aromatic rings. The van der Waals surface area contributed by atoms with E-state index < -0.39 is 5.60 Å². The zero-order chi connectivity index (χ0) is 17.5. The second-order valence-corrected chi connectivity index (χ2v) is 8.70. The first-order chi connectivity index (χ1) is 10.3. The molecule has 130 valence electrons. The van der Waals surface area contributed by atoms with Crippen molar-refractivity contribution in [3.63, 3.8) is 0 Å². The topological polar surface area (TPSA) is 56.8 Å². The van der Waals surface area contributed by atoms with E-state index >= 15 is 0 Å². The summed E-state index contributed by atoms with van der Waals surface area (Å²) in [6.45, 7) is 14.3. The molecule has 0 aromatic carbocycles. The number of hydrogen-bond donors (Lipinski definition) is 1. The lowest BCUT2D eigenvalue weighted by Gasteiger charge is -2.32. The van der Waals surface area contributed by atoms with Gasteiger partial charge in [0.25, 0.3) is 0 Å². The van der Waals surface area contributed by atoms with Gasteiger partial charge in [0, 0.05) is 12.0 Å². The Kier molecular flexibility index (Phi) is 4.64. The van der Waals surface area contributed by atoms with E-state index in [1.54, 1.807) is 0 Å². The molecule has 1 saturated carbocycles. The van der Waals surface area contributed by atoms with Crippen LogP contribution in [-0.4, -0.2) is 36.6 Å². The molecule has 1 saturated heterocycles. The van der Waals surface area contributed by atoms with Crippen molar-refractivity contribution in [3.05, 3.63) is 12.1 Å². The first kappa shape index (κ1) is 18.3. The van der Waals surface area contributed by atoms with Crippen LogP contribution in [0.3, 0.4) is 0 Å². The normalized spacial score (nSPS) is 24.7. The van der Waals surface area contributed by atoms with Crippen LogP contribution in [0, 0.1) is 5.41 Å². The Morgan fingerprint density at radius 2 is 1.70 bits per heavy atom. The van der Waals surface area contributed by atoms with Gasteiger partial charge in [-0.1, -0.05) is 12.1 Å². The highest BCUT2D eigenvalue weighted by atomic mass is 16.7. The summed E-state index contributed by atoms with van der Waals surface area (Å²) in [4.78, 5) is 11.8. The maximum Gasteiger partial charge on any atom is 0.486 e. The summed E-state index contributed by atoms with van der Waals surface area (Å²) in [5, 5.41) is 2.86. The van der Waals surface area contributed by atoms with Gasteiger partial charge in [-0.2, -0.15) is 0 Å². The van der Waals surface area contributed by atoms with E-state index in [4.69, 9.17) is 14.0 Å². The Balaban J connectivity index is 1.85. The van der Waals surface area contributed by atoms with Crippen LogP contribution < -0.4 is 5.32 Å². The van der Waals surface area contributed by atoms with Gasteiger partial charge in [0.15, 0.2) is 0 Å². The van der Waals surface area contributed by atoms with Crippen LogP contribution in [0.15, 0.2) is 12.1 Å². The molecule has 5 nitrogen and oxygen atoms in total. The fraction of sp³-hybridized carbons (Fsp3) is 0.824. The Hall–Kier alpha value is -1.01. The molecule has 1 N–H and O–H groups in total. The zero-order valence-corrected chi connectivity index (χ0v) is 15.5. The van der Waals surface area contributed by atoms with Gasteiger partial charge in [0.1, 0.15) is 5.60 Å². The van der Waals surface area contributed by atoms with E-state index in [-0.39, 0.29) is 29.8 Å². The molecule has 0 spiro atoms. The second kappa shape index (κ2) is 5.81. The molecule has 1 aliphatic carbocycles. The highest BCUT2D eigenvalue weighted by molar-refractivity contribution is 6.51. The van der Waals surface area contributed by atoms with Crippen molar-refractivity contribution >= 4 is 13.2 Å². The summed E-state index contributed by atoms with van der Waals surface area (Å²) in [6, 6.07) is 0. The van der Waals surface area contributed by atoms with E-state index in [2.05, 4.69) is 11.4 Å². The van der Waals surface area contributed by atoms with E-state index in [1.165, 1.54) is 0 Å². The van der Waals surface area contributed by atoms with Gasteiger partial charge >= 0.3 is 13.2 Å². The summed E-state index contributed by atoms with van der Waals surface area (Å²) >= 11 is 0. The van der Waals surface area contributed by atoms with Gasteiger partial charge in [0.05, 0.1) is 11.2 Å². The van der Waals surface area contributed by atoms with Gasteiger partial charge in [-0.05, 0) is 61.3 Å². The molecule has 1 aliphatic heterocycles. The number of carbonyl (C=O) groups is 1. The third-order valence-corrected chi connectivity index (χ3v) is 4.75. The maximum atomic E-state index is 11.8. The number of rotatable bonds is 4.